The number of carbonyl (C=O) groups is 2. The monoisotopic (exact) mass is 280 g/mol. The summed E-state index contributed by atoms with van der Waals surface area (Å²) in [6.07, 6.45) is 6.37. The fourth-order valence-electron chi connectivity index (χ4n) is 4.02. The van der Waals surface area contributed by atoms with Gasteiger partial charge in [-0.25, -0.2) is 0 Å². The number of ether oxygens (including phenoxy) is 1. The van der Waals surface area contributed by atoms with Crippen LogP contribution in [0.25, 0.3) is 0 Å². The second-order valence-electron chi connectivity index (χ2n) is 6.24. The van der Waals surface area contributed by atoms with Gasteiger partial charge >= 0.3 is 0 Å². The van der Waals surface area contributed by atoms with E-state index in [4.69, 9.17) is 4.74 Å². The zero-order valence-corrected chi connectivity index (χ0v) is 12.1. The van der Waals surface area contributed by atoms with Gasteiger partial charge in [0.2, 0.25) is 11.8 Å². The first kappa shape index (κ1) is 13.9. The fourth-order valence-corrected chi connectivity index (χ4v) is 4.02. The second-order valence-corrected chi connectivity index (χ2v) is 6.24. The third-order valence-electron chi connectivity index (χ3n) is 5.11. The molecule has 0 spiro atoms. The Labute approximate surface area is 120 Å². The molecule has 0 aromatic rings. The van der Waals surface area contributed by atoms with Gasteiger partial charge < -0.3 is 15.0 Å². The lowest BCUT2D eigenvalue weighted by Gasteiger charge is -2.29. The van der Waals surface area contributed by atoms with Gasteiger partial charge in [0, 0.05) is 26.1 Å². The van der Waals surface area contributed by atoms with E-state index >= 15 is 0 Å². The summed E-state index contributed by atoms with van der Waals surface area (Å²) < 4.78 is 5.73. The van der Waals surface area contributed by atoms with Crippen molar-refractivity contribution in [1.82, 2.24) is 10.2 Å². The number of amides is 2. The second kappa shape index (κ2) is 5.72. The van der Waals surface area contributed by atoms with Gasteiger partial charge in [-0.1, -0.05) is 19.3 Å². The molecule has 0 radical (unpaired) electrons. The molecular formula is C15H24N2O3. The normalized spacial score (nSPS) is 34.0. The van der Waals surface area contributed by atoms with Gasteiger partial charge in [0.15, 0.2) is 0 Å². The zero-order chi connectivity index (χ0) is 14.1. The topological polar surface area (TPSA) is 58.6 Å². The summed E-state index contributed by atoms with van der Waals surface area (Å²) in [5.41, 5.74) is 0. The van der Waals surface area contributed by atoms with Crippen LogP contribution in [-0.2, 0) is 14.3 Å². The summed E-state index contributed by atoms with van der Waals surface area (Å²) in [5, 5.41) is 2.70. The molecule has 1 aliphatic carbocycles. The lowest BCUT2D eigenvalue weighted by molar-refractivity contribution is -0.137. The van der Waals surface area contributed by atoms with Crippen LogP contribution in [0.15, 0.2) is 0 Å². The van der Waals surface area contributed by atoms with Crippen molar-refractivity contribution in [1.29, 1.82) is 0 Å². The quantitative estimate of drug-likeness (QED) is 0.818. The minimum Gasteiger partial charge on any atom is -0.375 e. The molecule has 0 aromatic carbocycles. The smallest absolute Gasteiger partial charge is 0.227 e. The van der Waals surface area contributed by atoms with Crippen molar-refractivity contribution in [3.63, 3.8) is 0 Å². The molecule has 3 aliphatic rings. The van der Waals surface area contributed by atoms with Crippen molar-refractivity contribution in [3.8, 4) is 0 Å². The van der Waals surface area contributed by atoms with E-state index < -0.39 is 0 Å². The van der Waals surface area contributed by atoms with Crippen LogP contribution in [0.3, 0.4) is 0 Å². The predicted molar refractivity (Wildman–Crippen MR) is 74.0 cm³/mol. The molecule has 0 unspecified atom stereocenters. The molecule has 112 valence electrons. The highest BCUT2D eigenvalue weighted by molar-refractivity contribution is 5.84. The van der Waals surface area contributed by atoms with Crippen molar-refractivity contribution in [2.75, 3.05) is 20.2 Å². The molecule has 3 atom stereocenters. The molecule has 3 fully saturated rings. The van der Waals surface area contributed by atoms with E-state index in [1.807, 2.05) is 4.90 Å². The van der Waals surface area contributed by atoms with Crippen LogP contribution in [0.2, 0.25) is 0 Å². The minimum absolute atomic E-state index is 0.000782. The van der Waals surface area contributed by atoms with Crippen molar-refractivity contribution in [3.05, 3.63) is 0 Å². The molecule has 2 amide bonds. The van der Waals surface area contributed by atoms with Crippen LogP contribution in [0, 0.1) is 11.8 Å². The first-order chi connectivity index (χ1) is 9.72. The third kappa shape index (κ3) is 2.32. The largest absolute Gasteiger partial charge is 0.375 e. The number of nitrogens with zero attached hydrogens (tertiary/aromatic N) is 1. The maximum atomic E-state index is 12.7. The number of carbonyl (C=O) groups excluding carboxylic acids is 2. The van der Waals surface area contributed by atoms with Gasteiger partial charge in [-0.05, 0) is 19.3 Å². The molecule has 5 nitrogen and oxygen atoms in total. The van der Waals surface area contributed by atoms with E-state index in [9.17, 15) is 9.59 Å². The van der Waals surface area contributed by atoms with Crippen LogP contribution in [0.5, 0.6) is 0 Å². The van der Waals surface area contributed by atoms with Gasteiger partial charge in [0.05, 0.1) is 18.1 Å². The van der Waals surface area contributed by atoms with Crippen LogP contribution < -0.4 is 5.32 Å². The van der Waals surface area contributed by atoms with Gasteiger partial charge in [0.1, 0.15) is 0 Å². The average Bonchev–Trinajstić information content (AvgIpc) is 3.08. The number of nitrogens with one attached hydrogen (secondary N) is 1. The highest BCUT2D eigenvalue weighted by Crippen LogP contribution is 2.36. The van der Waals surface area contributed by atoms with Crippen molar-refractivity contribution >= 4 is 11.8 Å². The standard InChI is InChI=1S/C15H24N2O3/c1-16-14(18)11-9-17(12-7-8-20-13(11)12)15(19)10-5-3-2-4-6-10/h10-13H,2-9H2,1H3,(H,16,18)/t11-,12+,13+/m1/s1. The van der Waals surface area contributed by atoms with Crippen LogP contribution in [0.1, 0.15) is 38.5 Å². The Morgan fingerprint density at radius 1 is 1.15 bits per heavy atom. The molecule has 2 heterocycles. The number of likely N-dealkylation sites (tertiary alicyclic amines) is 1. The molecule has 2 aliphatic heterocycles. The number of rotatable bonds is 2. The molecule has 3 rings (SSSR count). The Morgan fingerprint density at radius 3 is 2.60 bits per heavy atom. The van der Waals surface area contributed by atoms with Gasteiger partial charge in [-0.15, -0.1) is 0 Å². The Kier molecular flexibility index (Phi) is 3.96. The predicted octanol–water partition coefficient (Wildman–Crippen LogP) is 0.929. The maximum absolute atomic E-state index is 12.7. The number of hydrogen-bond acceptors (Lipinski definition) is 3. The highest BCUT2D eigenvalue weighted by atomic mass is 16.5. The van der Waals surface area contributed by atoms with Gasteiger partial charge in [-0.2, -0.15) is 0 Å². The minimum atomic E-state index is -0.194. The van der Waals surface area contributed by atoms with Crippen molar-refractivity contribution in [2.24, 2.45) is 11.8 Å². The Morgan fingerprint density at radius 2 is 1.90 bits per heavy atom. The molecule has 1 N–H and O–H groups in total. The van der Waals surface area contributed by atoms with Crippen molar-refractivity contribution in [2.45, 2.75) is 50.7 Å². The molecular weight excluding hydrogens is 256 g/mol. The van der Waals surface area contributed by atoms with E-state index in [0.717, 1.165) is 32.1 Å². The van der Waals surface area contributed by atoms with E-state index in [1.165, 1.54) is 6.42 Å². The summed E-state index contributed by atoms with van der Waals surface area (Å²) in [7, 11) is 1.65. The molecule has 1 saturated carbocycles. The molecule has 0 aromatic heterocycles. The highest BCUT2D eigenvalue weighted by Gasteiger charge is 2.50. The van der Waals surface area contributed by atoms with E-state index in [1.54, 1.807) is 7.05 Å². The zero-order valence-electron chi connectivity index (χ0n) is 12.1. The van der Waals surface area contributed by atoms with E-state index in [-0.39, 0.29) is 35.8 Å². The Hall–Kier alpha value is -1.10. The summed E-state index contributed by atoms with van der Waals surface area (Å²) in [5.74, 6) is 0.242. The summed E-state index contributed by atoms with van der Waals surface area (Å²) in [4.78, 5) is 26.7. The lowest BCUT2D eigenvalue weighted by atomic mass is 9.88. The van der Waals surface area contributed by atoms with Crippen LogP contribution in [-0.4, -0.2) is 49.1 Å². The summed E-state index contributed by atoms with van der Waals surface area (Å²) in [6, 6.07) is 0.117. The van der Waals surface area contributed by atoms with Gasteiger partial charge in [-0.3, -0.25) is 9.59 Å². The van der Waals surface area contributed by atoms with E-state index in [0.29, 0.717) is 13.2 Å². The van der Waals surface area contributed by atoms with E-state index in [2.05, 4.69) is 5.32 Å². The first-order valence-corrected chi connectivity index (χ1v) is 7.86. The average molecular weight is 280 g/mol. The Bertz CT molecular complexity index is 393. The van der Waals surface area contributed by atoms with Gasteiger partial charge in [0.25, 0.3) is 0 Å². The number of fused-ring (bicyclic) bond motifs is 1. The maximum Gasteiger partial charge on any atom is 0.227 e. The lowest BCUT2D eigenvalue weighted by Crippen LogP contribution is -2.41. The number of hydrogen-bond donors (Lipinski definition) is 1. The molecule has 5 heteroatoms. The SMILES string of the molecule is CNC(=O)[C@@H]1CN(C(=O)C2CCCCC2)[C@H]2CCO[C@@H]12. The summed E-state index contributed by atoms with van der Waals surface area (Å²) in [6.45, 7) is 1.20. The fraction of sp³-hybridized carbons (Fsp3) is 0.867. The van der Waals surface area contributed by atoms with Crippen molar-refractivity contribution < 1.29 is 14.3 Å². The summed E-state index contributed by atoms with van der Waals surface area (Å²) >= 11 is 0. The molecule has 20 heavy (non-hydrogen) atoms. The first-order valence-electron chi connectivity index (χ1n) is 7.86. The third-order valence-corrected chi connectivity index (χ3v) is 5.11. The van der Waals surface area contributed by atoms with Crippen LogP contribution in [0.4, 0.5) is 0 Å². The van der Waals surface area contributed by atoms with Crippen LogP contribution >= 0.6 is 0 Å². The Balaban J connectivity index is 1.72. The molecule has 0 bridgehead atoms. The molecule has 2 saturated heterocycles.